The van der Waals surface area contributed by atoms with E-state index in [1.165, 1.54) is 12.8 Å². The maximum atomic E-state index is 6.06. The Morgan fingerprint density at radius 3 is 2.80 bits per heavy atom. The summed E-state index contributed by atoms with van der Waals surface area (Å²) in [7, 11) is 0. The molecule has 0 bridgehead atoms. The van der Waals surface area contributed by atoms with Crippen molar-refractivity contribution in [2.75, 3.05) is 6.61 Å². The lowest BCUT2D eigenvalue weighted by molar-refractivity contribution is 0.117. The fourth-order valence-electron chi connectivity index (χ4n) is 1.27. The molecule has 1 aromatic rings. The third kappa shape index (κ3) is 5.01. The van der Waals surface area contributed by atoms with Crippen molar-refractivity contribution in [2.24, 2.45) is 0 Å². The van der Waals surface area contributed by atoms with Gasteiger partial charge in [-0.05, 0) is 24.1 Å². The quantitative estimate of drug-likeness (QED) is 0.684. The van der Waals surface area contributed by atoms with Gasteiger partial charge in [-0.1, -0.05) is 53.4 Å². The molecule has 84 valence electrons. The van der Waals surface area contributed by atoms with E-state index in [1.807, 2.05) is 18.2 Å². The van der Waals surface area contributed by atoms with Gasteiger partial charge in [-0.3, -0.25) is 0 Å². The molecule has 0 amide bonds. The van der Waals surface area contributed by atoms with Crippen LogP contribution in [0.2, 0.25) is 5.02 Å². The Bertz CT molecular complexity index is 302. The second-order valence-electron chi connectivity index (χ2n) is 3.50. The zero-order valence-corrected chi connectivity index (χ0v) is 11.3. The van der Waals surface area contributed by atoms with Gasteiger partial charge in [0.25, 0.3) is 0 Å². The fraction of sp³-hybridized carbons (Fsp3) is 0.500. The highest BCUT2D eigenvalue weighted by Gasteiger charge is 2.00. The Kier molecular flexibility index (Phi) is 6.30. The van der Waals surface area contributed by atoms with Crippen LogP contribution in [-0.2, 0) is 11.3 Å². The number of unbranched alkanes of at least 4 members (excludes halogenated alkanes) is 2. The maximum absolute atomic E-state index is 6.06. The Hall–Kier alpha value is -0.0500. The van der Waals surface area contributed by atoms with Gasteiger partial charge in [0.15, 0.2) is 0 Å². The van der Waals surface area contributed by atoms with Gasteiger partial charge in [0, 0.05) is 16.1 Å². The van der Waals surface area contributed by atoms with Crippen LogP contribution in [0.4, 0.5) is 0 Å². The van der Waals surface area contributed by atoms with E-state index in [0.717, 1.165) is 28.1 Å². The van der Waals surface area contributed by atoms with Crippen molar-refractivity contribution >= 4 is 27.5 Å². The predicted octanol–water partition coefficient (Wildman–Crippen LogP) is 4.81. The molecule has 1 aromatic carbocycles. The van der Waals surface area contributed by atoms with Crippen LogP contribution in [0.3, 0.4) is 0 Å². The Labute approximate surface area is 105 Å². The minimum absolute atomic E-state index is 0.607. The average Bonchev–Trinajstić information content (AvgIpc) is 2.20. The molecule has 0 fully saturated rings. The monoisotopic (exact) mass is 290 g/mol. The molecule has 0 atom stereocenters. The lowest BCUT2D eigenvalue weighted by Gasteiger charge is -2.06. The van der Waals surface area contributed by atoms with Crippen molar-refractivity contribution in [3.63, 3.8) is 0 Å². The first-order valence-electron chi connectivity index (χ1n) is 5.25. The van der Waals surface area contributed by atoms with Gasteiger partial charge < -0.3 is 4.74 Å². The number of rotatable bonds is 6. The predicted molar refractivity (Wildman–Crippen MR) is 68.3 cm³/mol. The molecule has 0 unspecified atom stereocenters. The molecule has 0 aliphatic heterocycles. The summed E-state index contributed by atoms with van der Waals surface area (Å²) in [5.41, 5.74) is 1.05. The molecule has 0 aromatic heterocycles. The zero-order valence-electron chi connectivity index (χ0n) is 8.93. The van der Waals surface area contributed by atoms with Crippen molar-refractivity contribution in [2.45, 2.75) is 32.8 Å². The molecular weight excluding hydrogens is 275 g/mol. The summed E-state index contributed by atoms with van der Waals surface area (Å²) in [6, 6.07) is 5.87. The molecule has 1 rings (SSSR count). The molecule has 3 heteroatoms. The standard InChI is InChI=1S/C12H16BrClO/c1-2-3-4-7-15-9-10-5-6-11(13)8-12(10)14/h5-6,8H,2-4,7,9H2,1H3. The fourth-order valence-corrected chi connectivity index (χ4v) is 2.00. The maximum Gasteiger partial charge on any atom is 0.0731 e. The van der Waals surface area contributed by atoms with Gasteiger partial charge in [-0.15, -0.1) is 0 Å². The molecule has 0 saturated carbocycles. The zero-order chi connectivity index (χ0) is 11.1. The van der Waals surface area contributed by atoms with Crippen molar-refractivity contribution in [3.05, 3.63) is 33.3 Å². The molecule has 0 saturated heterocycles. The number of ether oxygens (including phenoxy) is 1. The van der Waals surface area contributed by atoms with E-state index in [9.17, 15) is 0 Å². The Morgan fingerprint density at radius 2 is 2.13 bits per heavy atom. The summed E-state index contributed by atoms with van der Waals surface area (Å²) < 4.78 is 6.54. The van der Waals surface area contributed by atoms with Crippen LogP contribution in [0.15, 0.2) is 22.7 Å². The van der Waals surface area contributed by atoms with Crippen LogP contribution >= 0.6 is 27.5 Å². The van der Waals surface area contributed by atoms with Gasteiger partial charge in [0.1, 0.15) is 0 Å². The van der Waals surface area contributed by atoms with E-state index >= 15 is 0 Å². The third-order valence-corrected chi connectivity index (χ3v) is 3.01. The first-order chi connectivity index (χ1) is 7.24. The Balaban J connectivity index is 2.31. The second kappa shape index (κ2) is 7.26. The summed E-state index contributed by atoms with van der Waals surface area (Å²) in [6.45, 7) is 3.61. The molecule has 0 radical (unpaired) electrons. The molecular formula is C12H16BrClO. The summed E-state index contributed by atoms with van der Waals surface area (Å²) in [5, 5.41) is 0.764. The van der Waals surface area contributed by atoms with Crippen molar-refractivity contribution in [3.8, 4) is 0 Å². The molecule has 0 N–H and O–H groups in total. The summed E-state index contributed by atoms with van der Waals surface area (Å²) in [6.07, 6.45) is 3.58. The van der Waals surface area contributed by atoms with Crippen LogP contribution in [0.5, 0.6) is 0 Å². The average molecular weight is 292 g/mol. The van der Waals surface area contributed by atoms with Crippen LogP contribution in [0.25, 0.3) is 0 Å². The van der Waals surface area contributed by atoms with Gasteiger partial charge in [-0.25, -0.2) is 0 Å². The molecule has 0 spiro atoms. The van der Waals surface area contributed by atoms with Gasteiger partial charge in [-0.2, -0.15) is 0 Å². The summed E-state index contributed by atoms with van der Waals surface area (Å²) >= 11 is 9.43. The van der Waals surface area contributed by atoms with Crippen LogP contribution < -0.4 is 0 Å². The number of hydrogen-bond acceptors (Lipinski definition) is 1. The topological polar surface area (TPSA) is 9.23 Å². The first-order valence-corrected chi connectivity index (χ1v) is 6.42. The highest BCUT2D eigenvalue weighted by molar-refractivity contribution is 9.10. The number of hydrogen-bond donors (Lipinski definition) is 0. The smallest absolute Gasteiger partial charge is 0.0731 e. The van der Waals surface area contributed by atoms with Crippen molar-refractivity contribution in [1.82, 2.24) is 0 Å². The van der Waals surface area contributed by atoms with E-state index in [4.69, 9.17) is 16.3 Å². The number of halogens is 2. The van der Waals surface area contributed by atoms with Gasteiger partial charge in [0.05, 0.1) is 6.61 Å². The lowest BCUT2D eigenvalue weighted by Crippen LogP contribution is -1.96. The van der Waals surface area contributed by atoms with Crippen LogP contribution in [0, 0.1) is 0 Å². The minimum Gasteiger partial charge on any atom is -0.377 e. The van der Waals surface area contributed by atoms with E-state index < -0.39 is 0 Å². The molecule has 0 heterocycles. The molecule has 0 aliphatic carbocycles. The van der Waals surface area contributed by atoms with Gasteiger partial charge in [0.2, 0.25) is 0 Å². The lowest BCUT2D eigenvalue weighted by atomic mass is 10.2. The summed E-state index contributed by atoms with van der Waals surface area (Å²) in [5.74, 6) is 0. The normalized spacial score (nSPS) is 10.6. The van der Waals surface area contributed by atoms with E-state index in [1.54, 1.807) is 0 Å². The molecule has 1 nitrogen and oxygen atoms in total. The number of benzene rings is 1. The van der Waals surface area contributed by atoms with Crippen LogP contribution in [-0.4, -0.2) is 6.61 Å². The van der Waals surface area contributed by atoms with E-state index in [2.05, 4.69) is 22.9 Å². The molecule has 15 heavy (non-hydrogen) atoms. The van der Waals surface area contributed by atoms with Crippen molar-refractivity contribution in [1.29, 1.82) is 0 Å². The largest absolute Gasteiger partial charge is 0.377 e. The van der Waals surface area contributed by atoms with Gasteiger partial charge >= 0.3 is 0 Å². The highest BCUT2D eigenvalue weighted by Crippen LogP contribution is 2.21. The van der Waals surface area contributed by atoms with Crippen LogP contribution in [0.1, 0.15) is 31.7 Å². The van der Waals surface area contributed by atoms with E-state index in [-0.39, 0.29) is 0 Å². The summed E-state index contributed by atoms with van der Waals surface area (Å²) in [4.78, 5) is 0. The highest BCUT2D eigenvalue weighted by atomic mass is 79.9. The van der Waals surface area contributed by atoms with Crippen molar-refractivity contribution < 1.29 is 4.74 Å². The molecule has 0 aliphatic rings. The first kappa shape index (κ1) is 13.0. The minimum atomic E-state index is 0.607. The SMILES string of the molecule is CCCCCOCc1ccc(Br)cc1Cl. The third-order valence-electron chi connectivity index (χ3n) is 2.16. The Morgan fingerprint density at radius 1 is 1.33 bits per heavy atom. The second-order valence-corrected chi connectivity index (χ2v) is 4.82. The van der Waals surface area contributed by atoms with E-state index in [0.29, 0.717) is 6.61 Å².